The van der Waals surface area contributed by atoms with E-state index in [9.17, 15) is 0 Å². The van der Waals surface area contributed by atoms with Crippen LogP contribution < -0.4 is 25.6 Å². The number of rotatable bonds is 10. The fraction of sp³-hybridized carbons (Fsp3) is 0.423. The highest BCUT2D eigenvalue weighted by molar-refractivity contribution is 5.47. The van der Waals surface area contributed by atoms with E-state index in [1.807, 2.05) is 38.4 Å². The summed E-state index contributed by atoms with van der Waals surface area (Å²) in [4.78, 5) is 16.0. The minimum Gasteiger partial charge on any atom is -0.497 e. The first kappa shape index (κ1) is 23.6. The summed E-state index contributed by atoms with van der Waals surface area (Å²) in [5, 5.41) is 10.2. The van der Waals surface area contributed by atoms with Gasteiger partial charge in [0.05, 0.1) is 7.11 Å². The van der Waals surface area contributed by atoms with E-state index in [0.29, 0.717) is 37.0 Å². The van der Waals surface area contributed by atoms with Crippen LogP contribution in [0.2, 0.25) is 0 Å². The van der Waals surface area contributed by atoms with Crippen LogP contribution in [0.1, 0.15) is 43.2 Å². The molecule has 0 radical (unpaired) electrons. The van der Waals surface area contributed by atoms with E-state index >= 15 is 0 Å². The van der Waals surface area contributed by atoms with Crippen molar-refractivity contribution in [1.29, 1.82) is 0 Å². The van der Waals surface area contributed by atoms with Crippen LogP contribution in [0.15, 0.2) is 48.5 Å². The first-order valence-corrected chi connectivity index (χ1v) is 12.0. The Bertz CT molecular complexity index is 1030. The molecule has 0 aliphatic heterocycles. The summed E-state index contributed by atoms with van der Waals surface area (Å²) in [6.45, 7) is 1.25. The molecule has 1 aliphatic rings. The van der Waals surface area contributed by atoms with Gasteiger partial charge in [0.1, 0.15) is 5.75 Å². The Morgan fingerprint density at radius 3 is 1.82 bits per heavy atom. The number of benzene rings is 2. The van der Waals surface area contributed by atoms with Crippen LogP contribution >= 0.6 is 0 Å². The van der Waals surface area contributed by atoms with Gasteiger partial charge in [-0.05, 0) is 48.2 Å². The predicted octanol–water partition coefficient (Wildman–Crippen LogP) is 4.92. The second-order valence-electron chi connectivity index (χ2n) is 8.90. The van der Waals surface area contributed by atoms with Crippen molar-refractivity contribution in [3.05, 3.63) is 59.7 Å². The number of methoxy groups -OCH3 is 1. The van der Waals surface area contributed by atoms with Crippen molar-refractivity contribution in [3.63, 3.8) is 0 Å². The highest BCUT2D eigenvalue weighted by atomic mass is 16.5. The molecular formula is C26H35N7O. The summed E-state index contributed by atoms with van der Waals surface area (Å²) in [6, 6.07) is 16.8. The van der Waals surface area contributed by atoms with Gasteiger partial charge in [-0.15, -0.1) is 0 Å². The Morgan fingerprint density at radius 2 is 1.29 bits per heavy atom. The lowest BCUT2D eigenvalue weighted by atomic mass is 9.96. The highest BCUT2D eigenvalue weighted by Gasteiger charge is 2.16. The molecule has 180 valence electrons. The average molecular weight is 462 g/mol. The molecule has 34 heavy (non-hydrogen) atoms. The van der Waals surface area contributed by atoms with Crippen molar-refractivity contribution in [1.82, 2.24) is 15.0 Å². The van der Waals surface area contributed by atoms with Gasteiger partial charge in [-0.3, -0.25) is 0 Å². The van der Waals surface area contributed by atoms with Crippen LogP contribution in [0.25, 0.3) is 0 Å². The predicted molar refractivity (Wildman–Crippen MR) is 139 cm³/mol. The Hall–Kier alpha value is -3.55. The zero-order valence-electron chi connectivity index (χ0n) is 20.3. The third kappa shape index (κ3) is 6.73. The van der Waals surface area contributed by atoms with Crippen molar-refractivity contribution < 1.29 is 4.74 Å². The molecule has 0 unspecified atom stereocenters. The Balaban J connectivity index is 1.46. The van der Waals surface area contributed by atoms with Crippen LogP contribution in [0.3, 0.4) is 0 Å². The lowest BCUT2D eigenvalue weighted by Crippen LogP contribution is -2.24. The zero-order valence-corrected chi connectivity index (χ0v) is 20.3. The topological polar surface area (TPSA) is 87.2 Å². The highest BCUT2D eigenvalue weighted by Crippen LogP contribution is 2.22. The van der Waals surface area contributed by atoms with Crippen molar-refractivity contribution in [2.75, 3.05) is 42.1 Å². The quantitative estimate of drug-likeness (QED) is 0.392. The first-order chi connectivity index (χ1) is 16.6. The maximum Gasteiger partial charge on any atom is 0.229 e. The van der Waals surface area contributed by atoms with E-state index in [2.05, 4.69) is 60.1 Å². The fourth-order valence-electron chi connectivity index (χ4n) is 4.05. The minimum absolute atomic E-state index is 0.414. The number of nitrogens with zero attached hydrogens (tertiary/aromatic N) is 4. The SMILES string of the molecule is COc1ccc(CNc2nc(NCc3ccc(N(C)C)cc3)nc(NC3CCCCC3)n2)cc1. The Labute approximate surface area is 202 Å². The normalized spacial score (nSPS) is 13.9. The number of anilines is 4. The standard InChI is InChI=1S/C26H35N7O/c1-33(2)22-13-9-19(10-14-22)17-27-24-30-25(28-18-20-11-15-23(34-3)16-12-20)32-26(31-24)29-21-7-5-4-6-8-21/h9-16,21H,4-8,17-18H2,1-3H3,(H3,27,28,29,30,31,32). The second-order valence-corrected chi connectivity index (χ2v) is 8.90. The molecule has 8 nitrogen and oxygen atoms in total. The van der Waals surface area contributed by atoms with Crippen LogP contribution in [0.4, 0.5) is 23.5 Å². The maximum absolute atomic E-state index is 5.24. The molecule has 0 bridgehead atoms. The van der Waals surface area contributed by atoms with E-state index in [1.165, 1.54) is 30.5 Å². The van der Waals surface area contributed by atoms with Gasteiger partial charge in [0.25, 0.3) is 0 Å². The van der Waals surface area contributed by atoms with E-state index in [-0.39, 0.29) is 0 Å². The molecule has 3 N–H and O–H groups in total. The van der Waals surface area contributed by atoms with E-state index < -0.39 is 0 Å². The van der Waals surface area contributed by atoms with E-state index in [4.69, 9.17) is 4.74 Å². The largest absolute Gasteiger partial charge is 0.497 e. The molecule has 1 aromatic heterocycles. The smallest absolute Gasteiger partial charge is 0.229 e. The summed E-state index contributed by atoms with van der Waals surface area (Å²) < 4.78 is 5.24. The lowest BCUT2D eigenvalue weighted by molar-refractivity contribution is 0.414. The monoisotopic (exact) mass is 461 g/mol. The van der Waals surface area contributed by atoms with Gasteiger partial charge in [-0.25, -0.2) is 0 Å². The van der Waals surface area contributed by atoms with Crippen LogP contribution in [-0.4, -0.2) is 42.2 Å². The molecule has 4 rings (SSSR count). The molecule has 2 aromatic carbocycles. The molecule has 8 heteroatoms. The number of nitrogens with one attached hydrogen (secondary N) is 3. The van der Waals surface area contributed by atoms with Gasteiger partial charge in [0.2, 0.25) is 17.8 Å². The molecule has 1 heterocycles. The van der Waals surface area contributed by atoms with Gasteiger partial charge in [-0.2, -0.15) is 15.0 Å². The molecule has 0 amide bonds. The molecule has 0 atom stereocenters. The summed E-state index contributed by atoms with van der Waals surface area (Å²) >= 11 is 0. The summed E-state index contributed by atoms with van der Waals surface area (Å²) in [5.41, 5.74) is 3.46. The number of hydrogen-bond donors (Lipinski definition) is 3. The summed E-state index contributed by atoms with van der Waals surface area (Å²) in [5.74, 6) is 2.56. The van der Waals surface area contributed by atoms with Gasteiger partial charge in [0.15, 0.2) is 0 Å². The molecule has 1 aliphatic carbocycles. The molecule has 0 saturated heterocycles. The number of hydrogen-bond acceptors (Lipinski definition) is 8. The molecule has 0 spiro atoms. The third-order valence-electron chi connectivity index (χ3n) is 6.09. The summed E-state index contributed by atoms with van der Waals surface area (Å²) in [6.07, 6.45) is 6.12. The van der Waals surface area contributed by atoms with Gasteiger partial charge in [-0.1, -0.05) is 43.5 Å². The first-order valence-electron chi connectivity index (χ1n) is 12.0. The molecule has 3 aromatic rings. The zero-order chi connectivity index (χ0) is 23.8. The van der Waals surface area contributed by atoms with Crippen LogP contribution in [0, 0.1) is 0 Å². The average Bonchev–Trinajstić information content (AvgIpc) is 2.87. The number of aromatic nitrogens is 3. The lowest BCUT2D eigenvalue weighted by Gasteiger charge is -2.23. The molecular weight excluding hydrogens is 426 g/mol. The fourth-order valence-corrected chi connectivity index (χ4v) is 4.05. The van der Waals surface area contributed by atoms with Gasteiger partial charge < -0.3 is 25.6 Å². The number of ether oxygens (including phenoxy) is 1. The Morgan fingerprint density at radius 1 is 0.765 bits per heavy atom. The van der Waals surface area contributed by atoms with E-state index in [1.54, 1.807) is 7.11 Å². The van der Waals surface area contributed by atoms with Crippen molar-refractivity contribution >= 4 is 23.5 Å². The van der Waals surface area contributed by atoms with Crippen molar-refractivity contribution in [2.45, 2.75) is 51.2 Å². The minimum atomic E-state index is 0.414. The van der Waals surface area contributed by atoms with Crippen LogP contribution in [-0.2, 0) is 13.1 Å². The Kier molecular flexibility index (Phi) is 8.01. The molecule has 1 fully saturated rings. The third-order valence-corrected chi connectivity index (χ3v) is 6.09. The van der Waals surface area contributed by atoms with Crippen LogP contribution in [0.5, 0.6) is 5.75 Å². The second kappa shape index (κ2) is 11.5. The van der Waals surface area contributed by atoms with E-state index in [0.717, 1.165) is 24.2 Å². The van der Waals surface area contributed by atoms with Gasteiger partial charge in [0, 0.05) is 38.9 Å². The van der Waals surface area contributed by atoms with Crippen molar-refractivity contribution in [3.8, 4) is 5.75 Å². The van der Waals surface area contributed by atoms with Gasteiger partial charge >= 0.3 is 0 Å². The maximum atomic E-state index is 5.24. The molecule has 1 saturated carbocycles. The van der Waals surface area contributed by atoms with Crippen molar-refractivity contribution in [2.24, 2.45) is 0 Å². The summed E-state index contributed by atoms with van der Waals surface area (Å²) in [7, 11) is 5.75.